The van der Waals surface area contributed by atoms with Gasteiger partial charge in [-0.2, -0.15) is 17.9 Å². The number of allylic oxidation sites excluding steroid dienone is 2. The quantitative estimate of drug-likeness (QED) is 0.720. The van der Waals surface area contributed by atoms with Crippen LogP contribution < -0.4 is 16.4 Å². The van der Waals surface area contributed by atoms with Gasteiger partial charge in [-0.15, -0.1) is 9.50 Å². The third-order valence-corrected chi connectivity index (χ3v) is 4.61. The normalized spacial score (nSPS) is 12.7. The van der Waals surface area contributed by atoms with Crippen LogP contribution in [0.25, 0.3) is 22.3 Å². The average molecular weight is 407 g/mol. The van der Waals surface area contributed by atoms with Gasteiger partial charge in [-0.3, -0.25) is 10.7 Å². The van der Waals surface area contributed by atoms with Crippen molar-refractivity contribution >= 4 is 17.2 Å². The predicted octanol–water partition coefficient (Wildman–Crippen LogP) is 2.95. The summed E-state index contributed by atoms with van der Waals surface area (Å²) in [6.45, 7) is 6.81. The fourth-order valence-electron chi connectivity index (χ4n) is 3.22. The number of pyridine rings is 1. The lowest BCUT2D eigenvalue weighted by Crippen LogP contribution is -2.29. The summed E-state index contributed by atoms with van der Waals surface area (Å²) in [5, 5.41) is 4.21. The average Bonchev–Trinajstić information content (AvgIpc) is 2.94. The molecular formula is C19H22F3N6O+. The minimum atomic E-state index is -4.40. The summed E-state index contributed by atoms with van der Waals surface area (Å²) < 4.78 is 39.9. The second-order valence-corrected chi connectivity index (χ2v) is 6.90. The molecule has 3 N–H and O–H groups in total. The molecule has 0 bridgehead atoms. The highest BCUT2D eigenvalue weighted by Crippen LogP contribution is 2.30. The van der Waals surface area contributed by atoms with Crippen LogP contribution in [0.15, 0.2) is 23.0 Å². The number of halogens is 3. The van der Waals surface area contributed by atoms with Crippen molar-refractivity contribution in [1.29, 1.82) is 0 Å². The van der Waals surface area contributed by atoms with Crippen LogP contribution in [0.1, 0.15) is 37.4 Å². The van der Waals surface area contributed by atoms with Crippen LogP contribution in [0.4, 0.5) is 19.1 Å². The molecule has 0 fully saturated rings. The summed E-state index contributed by atoms with van der Waals surface area (Å²) in [6, 6.07) is 3.66. The Kier molecular flexibility index (Phi) is 5.20. The summed E-state index contributed by atoms with van der Waals surface area (Å²) in [4.78, 5) is 20.1. The summed E-state index contributed by atoms with van der Waals surface area (Å²) in [6.07, 6.45) is -3.70. The number of hydrogen-bond donors (Lipinski definition) is 1. The first-order chi connectivity index (χ1) is 13.5. The van der Waals surface area contributed by atoms with Crippen molar-refractivity contribution in [2.24, 2.45) is 0 Å². The number of aromatic nitrogens is 5. The lowest BCUT2D eigenvalue weighted by atomic mass is 10.00. The first-order valence-corrected chi connectivity index (χ1v) is 9.02. The second-order valence-electron chi connectivity index (χ2n) is 6.90. The summed E-state index contributed by atoms with van der Waals surface area (Å²) in [7, 11) is 0. The van der Waals surface area contributed by atoms with E-state index in [1.54, 1.807) is 0 Å². The number of nitrogens with one attached hydrogen (secondary N) is 1. The molecule has 3 aromatic heterocycles. The van der Waals surface area contributed by atoms with E-state index < -0.39 is 24.8 Å². The second kappa shape index (κ2) is 7.34. The molecule has 3 heterocycles. The zero-order chi connectivity index (χ0) is 21.5. The van der Waals surface area contributed by atoms with Crippen molar-refractivity contribution in [3.8, 4) is 11.1 Å². The van der Waals surface area contributed by atoms with Crippen LogP contribution in [0.5, 0.6) is 0 Å². The number of nitrogens with zero attached hydrogens (tertiary/aromatic N) is 4. The molecule has 0 unspecified atom stereocenters. The molecule has 0 aliphatic rings. The number of anilines is 1. The highest BCUT2D eigenvalue weighted by molar-refractivity contribution is 5.86. The van der Waals surface area contributed by atoms with Gasteiger partial charge in [-0.1, -0.05) is 6.08 Å². The molecule has 154 valence electrons. The fraction of sp³-hybridized carbons (Fsp3) is 0.368. The number of nitrogens with two attached hydrogens (primary N) is 1. The van der Waals surface area contributed by atoms with E-state index in [2.05, 4.69) is 15.1 Å². The van der Waals surface area contributed by atoms with E-state index in [9.17, 15) is 18.0 Å². The molecule has 0 amide bonds. The van der Waals surface area contributed by atoms with Crippen molar-refractivity contribution in [3.05, 3.63) is 45.8 Å². The number of nitrogen functional groups attached to an aromatic ring is 1. The number of alkyl halides is 3. The van der Waals surface area contributed by atoms with Gasteiger partial charge in [0.1, 0.15) is 5.69 Å². The monoisotopic (exact) mass is 407 g/mol. The highest BCUT2D eigenvalue weighted by Gasteiger charge is 2.30. The molecule has 0 saturated heterocycles. The van der Waals surface area contributed by atoms with Crippen molar-refractivity contribution in [2.75, 3.05) is 5.73 Å². The third kappa shape index (κ3) is 4.01. The Morgan fingerprint density at radius 1 is 1.28 bits per heavy atom. The first kappa shape index (κ1) is 20.6. The van der Waals surface area contributed by atoms with Crippen LogP contribution in [0.2, 0.25) is 0 Å². The van der Waals surface area contributed by atoms with Gasteiger partial charge in [0.05, 0.1) is 18.5 Å². The lowest BCUT2D eigenvalue weighted by Gasteiger charge is -2.10. The van der Waals surface area contributed by atoms with Gasteiger partial charge in [0.2, 0.25) is 5.65 Å². The number of aryl methyl sites for hydroxylation is 3. The molecule has 0 aliphatic heterocycles. The molecule has 0 spiro atoms. The molecule has 3 aromatic rings. The van der Waals surface area contributed by atoms with Crippen LogP contribution in [0.3, 0.4) is 0 Å². The van der Waals surface area contributed by atoms with Gasteiger partial charge in [-0.25, -0.2) is 9.78 Å². The number of fused-ring (bicyclic) bond motifs is 1. The Balaban J connectivity index is 2.37. The standard InChI is InChI=1S/C19H21F3N6O/c1-5-10(2)15-14(13-8-11(3)24-12(4)9-13)16-26-27(7-6-19(20,21)22)18(29)28(16)17(23)25-15/h5,8-9H,6-7H2,1-4H3,(H2,23,25)/p+1/b10-5-. The molecule has 29 heavy (non-hydrogen) atoms. The van der Waals surface area contributed by atoms with E-state index in [-0.39, 0.29) is 11.6 Å². The Hall–Kier alpha value is -3.17. The minimum Gasteiger partial charge on any atom is -0.290 e. The number of rotatable bonds is 4. The molecule has 3 rings (SSSR count). The van der Waals surface area contributed by atoms with Gasteiger partial charge in [0.15, 0.2) is 0 Å². The van der Waals surface area contributed by atoms with Crippen molar-refractivity contribution in [2.45, 2.75) is 46.8 Å². The minimum absolute atomic E-state index is 0.00860. The number of hydrogen-bond acceptors (Lipinski definition) is 4. The van der Waals surface area contributed by atoms with Crippen molar-refractivity contribution < 1.29 is 18.2 Å². The molecule has 0 saturated carbocycles. The number of H-pyrrole nitrogens is 1. The Morgan fingerprint density at radius 2 is 1.90 bits per heavy atom. The molecule has 10 heteroatoms. The molecule has 0 radical (unpaired) electrons. The summed E-state index contributed by atoms with van der Waals surface area (Å²) in [5.41, 5.74) is 9.82. The van der Waals surface area contributed by atoms with Gasteiger partial charge in [0.25, 0.3) is 0 Å². The lowest BCUT2D eigenvalue weighted by molar-refractivity contribution is -0.368. The van der Waals surface area contributed by atoms with Crippen LogP contribution in [-0.2, 0) is 6.54 Å². The van der Waals surface area contributed by atoms with Gasteiger partial charge in [0, 0.05) is 11.4 Å². The smallest absolute Gasteiger partial charge is 0.290 e. The molecule has 0 aromatic carbocycles. The SMILES string of the molecule is C/C=C(/C)c1[nH+]c(N)n2c(=O)n(CCC(F)(F)F)nc2c1-c1cc(C)nc(C)c1. The van der Waals surface area contributed by atoms with Crippen LogP contribution >= 0.6 is 0 Å². The first-order valence-electron chi connectivity index (χ1n) is 9.02. The predicted molar refractivity (Wildman–Crippen MR) is 103 cm³/mol. The van der Waals surface area contributed by atoms with E-state index in [0.29, 0.717) is 11.3 Å². The summed E-state index contributed by atoms with van der Waals surface area (Å²) >= 11 is 0. The van der Waals surface area contributed by atoms with Crippen molar-refractivity contribution in [3.63, 3.8) is 0 Å². The maximum atomic E-state index is 12.7. The zero-order valence-electron chi connectivity index (χ0n) is 16.6. The van der Waals surface area contributed by atoms with E-state index in [1.165, 1.54) is 0 Å². The maximum Gasteiger partial charge on any atom is 0.411 e. The molecule has 0 aliphatic carbocycles. The maximum absolute atomic E-state index is 12.7. The highest BCUT2D eigenvalue weighted by atomic mass is 19.4. The Morgan fingerprint density at radius 3 is 2.45 bits per heavy atom. The van der Waals surface area contributed by atoms with Gasteiger partial charge in [-0.05, 0) is 51.0 Å². The molecular weight excluding hydrogens is 385 g/mol. The third-order valence-electron chi connectivity index (χ3n) is 4.61. The summed E-state index contributed by atoms with van der Waals surface area (Å²) in [5.74, 6) is -0.00860. The topological polar surface area (TPSA) is 92.3 Å². The van der Waals surface area contributed by atoms with Crippen LogP contribution in [0, 0.1) is 13.8 Å². The van der Waals surface area contributed by atoms with E-state index in [0.717, 1.165) is 31.6 Å². The van der Waals surface area contributed by atoms with Crippen molar-refractivity contribution in [1.82, 2.24) is 19.2 Å². The fourth-order valence-corrected chi connectivity index (χ4v) is 3.22. The number of aromatic amines is 1. The van der Waals surface area contributed by atoms with Crippen LogP contribution in [-0.4, -0.2) is 25.3 Å². The van der Waals surface area contributed by atoms with E-state index in [4.69, 9.17) is 5.73 Å². The Labute approximate surface area is 164 Å². The van der Waals surface area contributed by atoms with Gasteiger partial charge >= 0.3 is 17.8 Å². The van der Waals surface area contributed by atoms with Gasteiger partial charge < -0.3 is 0 Å². The van der Waals surface area contributed by atoms with E-state index >= 15 is 0 Å². The molecule has 0 atom stereocenters. The zero-order valence-corrected chi connectivity index (χ0v) is 16.6. The molecule has 7 nitrogen and oxygen atoms in total. The largest absolute Gasteiger partial charge is 0.411 e. The Bertz CT molecular complexity index is 1150. The van der Waals surface area contributed by atoms with E-state index in [1.807, 2.05) is 45.9 Å².